The van der Waals surface area contributed by atoms with Crippen molar-refractivity contribution < 1.29 is 22.7 Å². The standard InChI is InChI=1S/C23H28F3N3O2/c1-3-28-10-12-29(13-11-28)21-9-8-20(14-17(21)2)27-22(30)19-6-4-18(5-7-19)15-31-16-23(24,25)26/h4-9,14H,3,10-13,15-16H2,1-2H3,(H,27,30). The van der Waals surface area contributed by atoms with Gasteiger partial charge in [0, 0.05) is 43.1 Å². The van der Waals surface area contributed by atoms with Gasteiger partial charge in [0.2, 0.25) is 0 Å². The molecule has 5 nitrogen and oxygen atoms in total. The van der Waals surface area contributed by atoms with Crippen molar-refractivity contribution in [1.29, 1.82) is 0 Å². The maximum atomic E-state index is 12.5. The highest BCUT2D eigenvalue weighted by atomic mass is 19.4. The number of ether oxygens (including phenoxy) is 1. The van der Waals surface area contributed by atoms with Crippen LogP contribution in [-0.4, -0.2) is 56.3 Å². The van der Waals surface area contributed by atoms with Crippen molar-refractivity contribution in [2.24, 2.45) is 0 Å². The number of nitrogens with one attached hydrogen (secondary N) is 1. The number of hydrogen-bond donors (Lipinski definition) is 1. The molecule has 0 saturated carbocycles. The van der Waals surface area contributed by atoms with E-state index in [1.807, 2.05) is 25.1 Å². The second kappa shape index (κ2) is 10.2. The quantitative estimate of drug-likeness (QED) is 0.697. The van der Waals surface area contributed by atoms with Gasteiger partial charge in [0.15, 0.2) is 0 Å². The molecular formula is C23H28F3N3O2. The van der Waals surface area contributed by atoms with Crippen molar-refractivity contribution in [3.63, 3.8) is 0 Å². The normalized spacial score (nSPS) is 15.2. The van der Waals surface area contributed by atoms with Crippen molar-refractivity contribution in [3.8, 4) is 0 Å². The third-order valence-corrected chi connectivity index (χ3v) is 5.37. The Balaban J connectivity index is 1.56. The Bertz CT molecular complexity index is 877. The van der Waals surface area contributed by atoms with Crippen LogP contribution < -0.4 is 10.2 Å². The number of halogens is 3. The molecule has 0 bridgehead atoms. The number of alkyl halides is 3. The van der Waals surface area contributed by atoms with Gasteiger partial charge in [-0.05, 0) is 54.9 Å². The first-order valence-corrected chi connectivity index (χ1v) is 10.4. The lowest BCUT2D eigenvalue weighted by Crippen LogP contribution is -2.46. The number of nitrogens with zero attached hydrogens (tertiary/aromatic N) is 2. The Morgan fingerprint density at radius 1 is 1.06 bits per heavy atom. The smallest absolute Gasteiger partial charge is 0.369 e. The van der Waals surface area contributed by atoms with E-state index >= 15 is 0 Å². The molecule has 31 heavy (non-hydrogen) atoms. The third-order valence-electron chi connectivity index (χ3n) is 5.37. The van der Waals surface area contributed by atoms with E-state index in [2.05, 4.69) is 26.8 Å². The molecule has 2 aromatic rings. The van der Waals surface area contributed by atoms with Gasteiger partial charge in [-0.15, -0.1) is 0 Å². The predicted octanol–water partition coefficient (Wildman–Crippen LogP) is 4.47. The van der Waals surface area contributed by atoms with Crippen LogP contribution in [0.5, 0.6) is 0 Å². The number of amides is 1. The van der Waals surface area contributed by atoms with Gasteiger partial charge >= 0.3 is 6.18 Å². The number of aryl methyl sites for hydroxylation is 1. The first-order valence-electron chi connectivity index (χ1n) is 10.4. The average molecular weight is 435 g/mol. The molecule has 0 radical (unpaired) electrons. The molecule has 1 fully saturated rings. The highest BCUT2D eigenvalue weighted by Crippen LogP contribution is 2.25. The fraction of sp³-hybridized carbons (Fsp3) is 0.435. The monoisotopic (exact) mass is 435 g/mol. The van der Waals surface area contributed by atoms with Crippen LogP contribution in [0.4, 0.5) is 24.5 Å². The van der Waals surface area contributed by atoms with Crippen LogP contribution in [0.1, 0.15) is 28.4 Å². The summed E-state index contributed by atoms with van der Waals surface area (Å²) in [5, 5.41) is 2.88. The zero-order chi connectivity index (χ0) is 22.4. The molecule has 0 aliphatic carbocycles. The van der Waals surface area contributed by atoms with Crippen LogP contribution in [0.3, 0.4) is 0 Å². The van der Waals surface area contributed by atoms with Crippen LogP contribution in [0, 0.1) is 6.92 Å². The van der Waals surface area contributed by atoms with Gasteiger partial charge in [-0.1, -0.05) is 19.1 Å². The van der Waals surface area contributed by atoms with Crippen molar-refractivity contribution in [1.82, 2.24) is 4.90 Å². The Morgan fingerprint density at radius 3 is 2.32 bits per heavy atom. The van der Waals surface area contributed by atoms with Crippen LogP contribution in [0.2, 0.25) is 0 Å². The number of benzene rings is 2. The summed E-state index contributed by atoms with van der Waals surface area (Å²) < 4.78 is 41.1. The Kier molecular flexibility index (Phi) is 7.56. The highest BCUT2D eigenvalue weighted by molar-refractivity contribution is 6.04. The van der Waals surface area contributed by atoms with Crippen molar-refractivity contribution in [2.45, 2.75) is 26.6 Å². The average Bonchev–Trinajstić information content (AvgIpc) is 2.73. The Hall–Kier alpha value is -2.58. The molecule has 1 amide bonds. The topological polar surface area (TPSA) is 44.8 Å². The molecule has 8 heteroatoms. The number of anilines is 2. The molecular weight excluding hydrogens is 407 g/mol. The van der Waals surface area contributed by atoms with Crippen molar-refractivity contribution in [2.75, 3.05) is 49.5 Å². The minimum absolute atomic E-state index is 0.158. The second-order valence-electron chi connectivity index (χ2n) is 7.68. The molecule has 3 rings (SSSR count). The predicted molar refractivity (Wildman–Crippen MR) is 116 cm³/mol. The lowest BCUT2D eigenvalue weighted by molar-refractivity contribution is -0.176. The molecule has 1 N–H and O–H groups in total. The van der Waals surface area contributed by atoms with E-state index in [-0.39, 0.29) is 12.5 Å². The first-order chi connectivity index (χ1) is 14.7. The molecule has 0 aromatic heterocycles. The number of likely N-dealkylation sites (N-methyl/N-ethyl adjacent to an activating group) is 1. The van der Waals surface area contributed by atoms with Crippen molar-refractivity contribution >= 4 is 17.3 Å². The highest BCUT2D eigenvalue weighted by Gasteiger charge is 2.27. The van der Waals surface area contributed by atoms with Gasteiger partial charge in [0.25, 0.3) is 5.91 Å². The second-order valence-corrected chi connectivity index (χ2v) is 7.68. The molecule has 0 atom stereocenters. The summed E-state index contributed by atoms with van der Waals surface area (Å²) in [5.74, 6) is -0.272. The lowest BCUT2D eigenvalue weighted by atomic mass is 10.1. The number of hydrogen-bond acceptors (Lipinski definition) is 4. The van der Waals surface area contributed by atoms with E-state index in [1.54, 1.807) is 24.3 Å². The van der Waals surface area contributed by atoms with E-state index < -0.39 is 12.8 Å². The molecule has 0 spiro atoms. The fourth-order valence-corrected chi connectivity index (χ4v) is 3.63. The van der Waals surface area contributed by atoms with Gasteiger partial charge in [0.05, 0.1) is 6.61 Å². The summed E-state index contributed by atoms with van der Waals surface area (Å²) >= 11 is 0. The van der Waals surface area contributed by atoms with E-state index in [0.29, 0.717) is 16.8 Å². The maximum absolute atomic E-state index is 12.5. The minimum Gasteiger partial charge on any atom is -0.369 e. The summed E-state index contributed by atoms with van der Waals surface area (Å²) in [6.45, 7) is 7.89. The van der Waals surface area contributed by atoms with Gasteiger partial charge in [-0.25, -0.2) is 0 Å². The summed E-state index contributed by atoms with van der Waals surface area (Å²) in [6, 6.07) is 12.2. The first kappa shape index (κ1) is 23.1. The largest absolute Gasteiger partial charge is 0.411 e. The molecule has 0 unspecified atom stereocenters. The van der Waals surface area contributed by atoms with E-state index in [1.165, 1.54) is 5.69 Å². The number of carbonyl (C=O) groups is 1. The Morgan fingerprint density at radius 2 is 1.74 bits per heavy atom. The van der Waals surface area contributed by atoms with E-state index in [9.17, 15) is 18.0 Å². The minimum atomic E-state index is -4.35. The van der Waals surface area contributed by atoms with Crippen LogP contribution in [0.25, 0.3) is 0 Å². The van der Waals surface area contributed by atoms with Gasteiger partial charge < -0.3 is 19.9 Å². The van der Waals surface area contributed by atoms with Gasteiger partial charge in [0.1, 0.15) is 6.61 Å². The summed E-state index contributed by atoms with van der Waals surface area (Å²) in [7, 11) is 0. The number of carbonyl (C=O) groups excluding carboxylic acids is 1. The summed E-state index contributed by atoms with van der Waals surface area (Å²) in [5.41, 5.74) is 3.98. The zero-order valence-electron chi connectivity index (χ0n) is 17.8. The van der Waals surface area contributed by atoms with E-state index in [0.717, 1.165) is 38.3 Å². The van der Waals surface area contributed by atoms with Gasteiger partial charge in [-0.2, -0.15) is 13.2 Å². The zero-order valence-corrected chi connectivity index (χ0v) is 17.8. The molecule has 1 heterocycles. The van der Waals surface area contributed by atoms with Crippen LogP contribution in [-0.2, 0) is 11.3 Å². The molecule has 2 aromatic carbocycles. The fourth-order valence-electron chi connectivity index (χ4n) is 3.63. The maximum Gasteiger partial charge on any atom is 0.411 e. The SMILES string of the molecule is CCN1CCN(c2ccc(NC(=O)c3ccc(COCC(F)(F)F)cc3)cc2C)CC1. The Labute approximate surface area is 180 Å². The summed E-state index contributed by atoms with van der Waals surface area (Å²) in [6.07, 6.45) is -4.35. The lowest BCUT2D eigenvalue weighted by Gasteiger charge is -2.36. The molecule has 1 aliphatic heterocycles. The molecule has 1 saturated heterocycles. The number of piperazine rings is 1. The van der Waals surface area contributed by atoms with Crippen LogP contribution >= 0.6 is 0 Å². The molecule has 168 valence electrons. The molecule has 1 aliphatic rings. The van der Waals surface area contributed by atoms with Crippen LogP contribution in [0.15, 0.2) is 42.5 Å². The number of rotatable bonds is 7. The summed E-state index contributed by atoms with van der Waals surface area (Å²) in [4.78, 5) is 17.3. The van der Waals surface area contributed by atoms with E-state index in [4.69, 9.17) is 0 Å². The van der Waals surface area contributed by atoms with Crippen molar-refractivity contribution in [3.05, 3.63) is 59.2 Å². The third kappa shape index (κ3) is 6.70. The van der Waals surface area contributed by atoms with Gasteiger partial charge in [-0.3, -0.25) is 4.79 Å².